The van der Waals surface area contributed by atoms with E-state index in [1.807, 2.05) is 6.92 Å². The maximum Gasteiger partial charge on any atom is 0.151 e. The quantitative estimate of drug-likeness (QED) is 0.490. The molecule has 0 spiro atoms. The number of hydrogen-bond acceptors (Lipinski definition) is 2. The molecule has 1 unspecified atom stereocenters. The smallest absolute Gasteiger partial charge is 0.151 e. The van der Waals surface area contributed by atoms with Crippen molar-refractivity contribution in [2.75, 3.05) is 6.61 Å². The Morgan fingerprint density at radius 1 is 1.54 bits per heavy atom. The summed E-state index contributed by atoms with van der Waals surface area (Å²) in [5.74, 6) is 5.79. The zero-order chi connectivity index (χ0) is 9.57. The van der Waals surface area contributed by atoms with Crippen molar-refractivity contribution in [3.63, 3.8) is 0 Å². The van der Waals surface area contributed by atoms with Crippen molar-refractivity contribution in [1.82, 2.24) is 0 Å². The summed E-state index contributed by atoms with van der Waals surface area (Å²) in [5.41, 5.74) is -0.512. The molecule has 0 saturated carbocycles. The third-order valence-corrected chi connectivity index (χ3v) is 2.45. The lowest BCUT2D eigenvalue weighted by atomic mass is 9.91. The van der Waals surface area contributed by atoms with Crippen molar-refractivity contribution in [2.24, 2.45) is 0 Å². The molecule has 13 heavy (non-hydrogen) atoms. The van der Waals surface area contributed by atoms with Crippen LogP contribution in [0.3, 0.4) is 0 Å². The molecular weight excluding hydrogens is 164 g/mol. The maximum atomic E-state index is 10.9. The first kappa shape index (κ1) is 10.3. The van der Waals surface area contributed by atoms with E-state index in [2.05, 4.69) is 11.8 Å². The van der Waals surface area contributed by atoms with Gasteiger partial charge >= 0.3 is 0 Å². The van der Waals surface area contributed by atoms with Gasteiger partial charge in [-0.15, -0.1) is 11.8 Å². The number of hydrogen-bond donors (Lipinski definition) is 0. The van der Waals surface area contributed by atoms with E-state index in [-0.39, 0.29) is 0 Å². The minimum Gasteiger partial charge on any atom is -0.367 e. The predicted octanol–water partition coefficient (Wildman–Crippen LogP) is 1.93. The molecule has 1 saturated heterocycles. The summed E-state index contributed by atoms with van der Waals surface area (Å²) in [6.45, 7) is 2.54. The summed E-state index contributed by atoms with van der Waals surface area (Å²) in [6, 6.07) is 0. The molecule has 0 aromatic heterocycles. The van der Waals surface area contributed by atoms with Crippen LogP contribution >= 0.6 is 0 Å². The van der Waals surface area contributed by atoms with E-state index >= 15 is 0 Å². The second kappa shape index (κ2) is 5.04. The summed E-state index contributed by atoms with van der Waals surface area (Å²) in [4.78, 5) is 10.9. The van der Waals surface area contributed by atoms with Crippen LogP contribution in [0.2, 0.25) is 0 Å². The molecule has 1 rings (SSSR count). The van der Waals surface area contributed by atoms with Gasteiger partial charge in [0.2, 0.25) is 0 Å². The van der Waals surface area contributed by atoms with Gasteiger partial charge in [0.05, 0.1) is 0 Å². The molecule has 0 radical (unpaired) electrons. The normalized spacial score (nSPS) is 27.5. The average molecular weight is 180 g/mol. The topological polar surface area (TPSA) is 26.3 Å². The standard InChI is InChI=1S/C11H16O2/c1-2-3-4-7-11(10-12)8-5-6-9-13-11/h10H,4-9H2,1H3. The lowest BCUT2D eigenvalue weighted by molar-refractivity contribution is -0.138. The van der Waals surface area contributed by atoms with Gasteiger partial charge in [0.1, 0.15) is 5.60 Å². The van der Waals surface area contributed by atoms with Crippen LogP contribution in [0.5, 0.6) is 0 Å². The van der Waals surface area contributed by atoms with Gasteiger partial charge in [-0.25, -0.2) is 0 Å². The molecule has 0 aromatic carbocycles. The first-order valence-electron chi connectivity index (χ1n) is 4.83. The van der Waals surface area contributed by atoms with E-state index in [0.29, 0.717) is 0 Å². The van der Waals surface area contributed by atoms with E-state index in [0.717, 1.165) is 45.0 Å². The Morgan fingerprint density at radius 2 is 2.38 bits per heavy atom. The zero-order valence-corrected chi connectivity index (χ0v) is 8.14. The molecular formula is C11H16O2. The Balaban J connectivity index is 2.45. The summed E-state index contributed by atoms with van der Waals surface area (Å²) in [6.07, 6.45) is 5.51. The largest absolute Gasteiger partial charge is 0.367 e. The van der Waals surface area contributed by atoms with Gasteiger partial charge in [0, 0.05) is 13.0 Å². The second-order valence-electron chi connectivity index (χ2n) is 3.41. The molecule has 1 aliphatic heterocycles. The zero-order valence-electron chi connectivity index (χ0n) is 8.14. The van der Waals surface area contributed by atoms with Crippen LogP contribution < -0.4 is 0 Å². The van der Waals surface area contributed by atoms with Crippen LogP contribution in [-0.2, 0) is 9.53 Å². The lowest BCUT2D eigenvalue weighted by Crippen LogP contribution is -2.37. The van der Waals surface area contributed by atoms with Gasteiger partial charge in [-0.05, 0) is 32.6 Å². The minimum absolute atomic E-state index is 0.512. The van der Waals surface area contributed by atoms with Gasteiger partial charge in [-0.2, -0.15) is 0 Å². The molecule has 1 aliphatic rings. The average Bonchev–Trinajstić information content (AvgIpc) is 2.20. The van der Waals surface area contributed by atoms with Crippen LogP contribution in [0.4, 0.5) is 0 Å². The van der Waals surface area contributed by atoms with Crippen molar-refractivity contribution >= 4 is 6.29 Å². The highest BCUT2D eigenvalue weighted by molar-refractivity contribution is 5.62. The van der Waals surface area contributed by atoms with Crippen molar-refractivity contribution < 1.29 is 9.53 Å². The Kier molecular flexibility index (Phi) is 3.98. The number of carbonyl (C=O) groups is 1. The number of carbonyl (C=O) groups excluding carboxylic acids is 1. The molecule has 0 aliphatic carbocycles. The van der Waals surface area contributed by atoms with E-state index < -0.39 is 5.60 Å². The van der Waals surface area contributed by atoms with Gasteiger partial charge < -0.3 is 9.53 Å². The highest BCUT2D eigenvalue weighted by Gasteiger charge is 2.31. The van der Waals surface area contributed by atoms with Crippen LogP contribution in [-0.4, -0.2) is 18.5 Å². The third-order valence-electron chi connectivity index (χ3n) is 2.45. The number of aldehydes is 1. The maximum absolute atomic E-state index is 10.9. The second-order valence-corrected chi connectivity index (χ2v) is 3.41. The van der Waals surface area contributed by atoms with Gasteiger partial charge in [0.15, 0.2) is 6.29 Å². The predicted molar refractivity (Wildman–Crippen MR) is 51.3 cm³/mol. The van der Waals surface area contributed by atoms with Crippen LogP contribution in [0.25, 0.3) is 0 Å². The Labute approximate surface area is 79.7 Å². The van der Waals surface area contributed by atoms with E-state index in [9.17, 15) is 4.79 Å². The minimum atomic E-state index is -0.512. The van der Waals surface area contributed by atoms with Crippen molar-refractivity contribution in [1.29, 1.82) is 0 Å². The fourth-order valence-corrected chi connectivity index (χ4v) is 1.62. The Bertz CT molecular complexity index is 216. The highest BCUT2D eigenvalue weighted by Crippen LogP contribution is 2.27. The third kappa shape index (κ3) is 2.86. The number of rotatable bonds is 3. The SMILES string of the molecule is CC#CCCC1(C=O)CCCCO1. The van der Waals surface area contributed by atoms with Gasteiger partial charge in [0.25, 0.3) is 0 Å². The number of ether oxygens (including phenoxy) is 1. The Hall–Kier alpha value is -0.810. The highest BCUT2D eigenvalue weighted by atomic mass is 16.5. The fraction of sp³-hybridized carbons (Fsp3) is 0.727. The summed E-state index contributed by atoms with van der Waals surface area (Å²) in [7, 11) is 0. The molecule has 1 fully saturated rings. The van der Waals surface area contributed by atoms with Crippen molar-refractivity contribution in [3.05, 3.63) is 0 Å². The molecule has 2 heteroatoms. The molecule has 0 aromatic rings. The van der Waals surface area contributed by atoms with E-state index in [1.54, 1.807) is 0 Å². The van der Waals surface area contributed by atoms with E-state index in [1.165, 1.54) is 0 Å². The first-order valence-corrected chi connectivity index (χ1v) is 4.83. The molecule has 72 valence electrons. The molecule has 0 bridgehead atoms. The molecule has 1 heterocycles. The lowest BCUT2D eigenvalue weighted by Gasteiger charge is -2.31. The molecule has 2 nitrogen and oxygen atoms in total. The monoisotopic (exact) mass is 180 g/mol. The van der Waals surface area contributed by atoms with Crippen LogP contribution in [0, 0.1) is 11.8 Å². The molecule has 0 N–H and O–H groups in total. The Morgan fingerprint density at radius 3 is 2.92 bits per heavy atom. The summed E-state index contributed by atoms with van der Waals surface area (Å²) < 4.78 is 5.53. The van der Waals surface area contributed by atoms with Gasteiger partial charge in [-0.3, -0.25) is 0 Å². The molecule has 1 atom stereocenters. The molecule has 0 amide bonds. The summed E-state index contributed by atoms with van der Waals surface area (Å²) >= 11 is 0. The van der Waals surface area contributed by atoms with Crippen molar-refractivity contribution in [2.45, 2.75) is 44.6 Å². The summed E-state index contributed by atoms with van der Waals surface area (Å²) in [5, 5.41) is 0. The fourth-order valence-electron chi connectivity index (χ4n) is 1.62. The first-order chi connectivity index (χ1) is 6.33. The van der Waals surface area contributed by atoms with Gasteiger partial charge in [-0.1, -0.05) is 0 Å². The van der Waals surface area contributed by atoms with Crippen molar-refractivity contribution in [3.8, 4) is 11.8 Å². The van der Waals surface area contributed by atoms with E-state index in [4.69, 9.17) is 4.74 Å². The van der Waals surface area contributed by atoms with Crippen LogP contribution in [0.1, 0.15) is 39.0 Å². The van der Waals surface area contributed by atoms with Crippen LogP contribution in [0.15, 0.2) is 0 Å².